The van der Waals surface area contributed by atoms with Crippen LogP contribution in [0.5, 0.6) is 0 Å². The van der Waals surface area contributed by atoms with Crippen molar-refractivity contribution in [2.24, 2.45) is 11.7 Å². The second-order valence-electron chi connectivity index (χ2n) is 9.48. The number of carbonyl (C=O) groups is 1. The number of esters is 1. The number of anilines is 1. The smallest absolute Gasteiger partial charge is 0.351 e. The van der Waals surface area contributed by atoms with Crippen molar-refractivity contribution in [3.63, 3.8) is 0 Å². The molecule has 4 atom stereocenters. The van der Waals surface area contributed by atoms with Crippen LogP contribution in [0.3, 0.4) is 0 Å². The van der Waals surface area contributed by atoms with E-state index in [0.29, 0.717) is 0 Å². The minimum atomic E-state index is -1.87. The maximum absolute atomic E-state index is 15.8. The van der Waals surface area contributed by atoms with E-state index in [4.69, 9.17) is 25.7 Å². The molecule has 9 nitrogen and oxygen atoms in total. The Morgan fingerprint density at radius 3 is 2.24 bits per heavy atom. The SMILES string of the molecule is CC(C)C(OC[C@H]1O[C@@H](n2ccc(N)nc2=O)C(F)C1OC(=O)CCN)(c1ccccc1)c1ccccc1. The van der Waals surface area contributed by atoms with Gasteiger partial charge in [-0.15, -0.1) is 0 Å². The summed E-state index contributed by atoms with van der Waals surface area (Å²) in [6.07, 6.45) is -4.39. The quantitative estimate of drug-likeness (QED) is 0.387. The lowest BCUT2D eigenvalue weighted by atomic mass is 9.77. The Hall–Kier alpha value is -3.60. The Labute approximate surface area is 220 Å². The molecule has 4 rings (SSSR count). The summed E-state index contributed by atoms with van der Waals surface area (Å²) in [5.41, 5.74) is 11.2. The Balaban J connectivity index is 1.70. The van der Waals surface area contributed by atoms with Gasteiger partial charge >= 0.3 is 11.7 Å². The average molecular weight is 525 g/mol. The minimum Gasteiger partial charge on any atom is -0.456 e. The van der Waals surface area contributed by atoms with Gasteiger partial charge in [0.05, 0.1) is 13.0 Å². The third-order valence-corrected chi connectivity index (χ3v) is 6.70. The molecule has 1 aliphatic heterocycles. The van der Waals surface area contributed by atoms with Crippen molar-refractivity contribution in [1.29, 1.82) is 0 Å². The molecule has 1 aliphatic rings. The maximum Gasteiger partial charge on any atom is 0.351 e. The van der Waals surface area contributed by atoms with Crippen molar-refractivity contribution in [3.05, 3.63) is 94.5 Å². The molecule has 0 bridgehead atoms. The summed E-state index contributed by atoms with van der Waals surface area (Å²) < 4.78 is 34.9. The second kappa shape index (κ2) is 11.8. The molecule has 0 aliphatic carbocycles. The number of nitrogens with zero attached hydrogens (tertiary/aromatic N) is 2. The highest BCUT2D eigenvalue weighted by Crippen LogP contribution is 2.42. The van der Waals surface area contributed by atoms with Crippen LogP contribution in [0.1, 0.15) is 37.6 Å². The zero-order valence-corrected chi connectivity index (χ0v) is 21.4. The predicted octanol–water partition coefficient (Wildman–Crippen LogP) is 2.94. The number of hydrogen-bond acceptors (Lipinski definition) is 8. The number of halogens is 1. The number of aromatic nitrogens is 2. The summed E-state index contributed by atoms with van der Waals surface area (Å²) in [5, 5.41) is 0. The van der Waals surface area contributed by atoms with Crippen LogP contribution in [0.15, 0.2) is 77.7 Å². The minimum absolute atomic E-state index is 0.00194. The highest BCUT2D eigenvalue weighted by molar-refractivity contribution is 5.69. The number of hydrogen-bond donors (Lipinski definition) is 2. The number of benzene rings is 2. The fourth-order valence-electron chi connectivity index (χ4n) is 4.89. The number of alkyl halides is 1. The summed E-state index contributed by atoms with van der Waals surface area (Å²) in [6, 6.07) is 20.8. The maximum atomic E-state index is 15.8. The number of carbonyl (C=O) groups excluding carboxylic acids is 1. The molecule has 4 N–H and O–H groups in total. The average Bonchev–Trinajstić information content (AvgIpc) is 3.20. The molecule has 1 fully saturated rings. The van der Waals surface area contributed by atoms with Gasteiger partial charge in [0.15, 0.2) is 18.5 Å². The van der Waals surface area contributed by atoms with E-state index in [1.54, 1.807) is 0 Å². The van der Waals surface area contributed by atoms with E-state index in [1.807, 2.05) is 74.5 Å². The van der Waals surface area contributed by atoms with Crippen molar-refractivity contribution in [2.75, 3.05) is 18.9 Å². The lowest BCUT2D eigenvalue weighted by Gasteiger charge is -2.40. The van der Waals surface area contributed by atoms with Crippen molar-refractivity contribution in [1.82, 2.24) is 9.55 Å². The summed E-state index contributed by atoms with van der Waals surface area (Å²) >= 11 is 0. The molecule has 0 amide bonds. The van der Waals surface area contributed by atoms with E-state index in [9.17, 15) is 9.59 Å². The topological polar surface area (TPSA) is 132 Å². The third-order valence-electron chi connectivity index (χ3n) is 6.70. The fourth-order valence-corrected chi connectivity index (χ4v) is 4.89. The number of nitrogens with two attached hydrogens (primary N) is 2. The zero-order valence-electron chi connectivity index (χ0n) is 21.4. The van der Waals surface area contributed by atoms with Crippen molar-refractivity contribution >= 4 is 11.8 Å². The van der Waals surface area contributed by atoms with E-state index >= 15 is 4.39 Å². The first-order valence-corrected chi connectivity index (χ1v) is 12.6. The van der Waals surface area contributed by atoms with Crippen molar-refractivity contribution in [3.8, 4) is 0 Å². The van der Waals surface area contributed by atoms with Gasteiger partial charge in [0.1, 0.15) is 17.5 Å². The van der Waals surface area contributed by atoms with E-state index < -0.39 is 41.9 Å². The van der Waals surface area contributed by atoms with Crippen LogP contribution >= 0.6 is 0 Å². The predicted molar refractivity (Wildman–Crippen MR) is 140 cm³/mol. The molecule has 2 aromatic carbocycles. The molecule has 0 saturated carbocycles. The van der Waals surface area contributed by atoms with E-state index in [0.717, 1.165) is 15.7 Å². The van der Waals surface area contributed by atoms with Gasteiger partial charge in [0.2, 0.25) is 0 Å². The summed E-state index contributed by atoms with van der Waals surface area (Å²) in [4.78, 5) is 28.5. The first-order chi connectivity index (χ1) is 18.3. The van der Waals surface area contributed by atoms with Crippen LogP contribution in [0, 0.1) is 5.92 Å². The Morgan fingerprint density at radius 2 is 1.71 bits per heavy atom. The summed E-state index contributed by atoms with van der Waals surface area (Å²) in [7, 11) is 0. The molecule has 1 aromatic heterocycles. The van der Waals surface area contributed by atoms with Crippen LogP contribution in [-0.4, -0.2) is 47.1 Å². The Morgan fingerprint density at radius 1 is 1.11 bits per heavy atom. The van der Waals surface area contributed by atoms with Crippen LogP contribution in [-0.2, 0) is 24.6 Å². The molecule has 0 radical (unpaired) electrons. The molecule has 3 aromatic rings. The van der Waals surface area contributed by atoms with Crippen molar-refractivity contribution < 1.29 is 23.4 Å². The molecule has 2 unspecified atom stereocenters. The molecule has 1 saturated heterocycles. The Kier molecular flexibility index (Phi) is 8.55. The van der Waals surface area contributed by atoms with Crippen LogP contribution in [0.4, 0.5) is 10.2 Å². The molecule has 38 heavy (non-hydrogen) atoms. The standard InChI is InChI=1S/C28H33FN4O5/c1-18(2)28(19-9-5-3-6-10-19,20-11-7-4-8-12-20)36-17-21-25(38-23(34)13-15-30)24(29)26(37-21)33-16-14-22(31)32-27(33)35/h3-12,14,16,18,21,24-26H,13,15,17,30H2,1-2H3,(H2,31,32,35)/t21-,24?,25?,26-/m1/s1. The molecule has 2 heterocycles. The van der Waals surface area contributed by atoms with E-state index in [-0.39, 0.29) is 31.3 Å². The first-order valence-electron chi connectivity index (χ1n) is 12.6. The van der Waals surface area contributed by atoms with Gasteiger partial charge in [-0.1, -0.05) is 74.5 Å². The lowest BCUT2D eigenvalue weighted by molar-refractivity contribution is -0.160. The fraction of sp³-hybridized carbons (Fsp3) is 0.393. The van der Waals surface area contributed by atoms with Gasteiger partial charge in [-0.2, -0.15) is 4.98 Å². The summed E-state index contributed by atoms with van der Waals surface area (Å²) in [5.74, 6) is -0.718. The second-order valence-corrected chi connectivity index (χ2v) is 9.48. The van der Waals surface area contributed by atoms with Gasteiger partial charge in [-0.25, -0.2) is 9.18 Å². The van der Waals surface area contributed by atoms with E-state index in [1.165, 1.54) is 12.3 Å². The van der Waals surface area contributed by atoms with Gasteiger partial charge in [-0.3, -0.25) is 9.36 Å². The normalized spacial score (nSPS) is 21.5. The van der Waals surface area contributed by atoms with Gasteiger partial charge in [-0.05, 0) is 23.1 Å². The third kappa shape index (κ3) is 5.47. The molecular weight excluding hydrogens is 491 g/mol. The highest BCUT2D eigenvalue weighted by atomic mass is 19.1. The van der Waals surface area contributed by atoms with E-state index in [2.05, 4.69) is 4.98 Å². The van der Waals surface area contributed by atoms with Crippen molar-refractivity contribution in [2.45, 2.75) is 50.5 Å². The van der Waals surface area contributed by atoms with Crippen LogP contribution in [0.2, 0.25) is 0 Å². The van der Waals surface area contributed by atoms with Crippen LogP contribution in [0.25, 0.3) is 0 Å². The van der Waals surface area contributed by atoms with Crippen LogP contribution < -0.4 is 17.2 Å². The number of ether oxygens (including phenoxy) is 3. The Bertz CT molecular complexity index is 1230. The molecular formula is C28H33FN4O5. The van der Waals surface area contributed by atoms with Gasteiger partial charge < -0.3 is 25.7 Å². The zero-order chi connectivity index (χ0) is 27.3. The molecule has 10 heteroatoms. The summed E-state index contributed by atoms with van der Waals surface area (Å²) in [6.45, 7) is 3.99. The van der Waals surface area contributed by atoms with Gasteiger partial charge in [0.25, 0.3) is 0 Å². The number of rotatable bonds is 10. The largest absolute Gasteiger partial charge is 0.456 e. The molecule has 202 valence electrons. The lowest BCUT2D eigenvalue weighted by Crippen LogP contribution is -2.42. The number of nitrogen functional groups attached to an aromatic ring is 1. The van der Waals surface area contributed by atoms with Gasteiger partial charge in [0, 0.05) is 12.7 Å². The highest BCUT2D eigenvalue weighted by Gasteiger charge is 2.50. The first kappa shape index (κ1) is 27.4. The monoisotopic (exact) mass is 524 g/mol. The molecule has 0 spiro atoms.